The standard InChI is InChI=1S/C17H10N2O3/c18-19-15-14(17(21)22-12-7-2-1-3-8-12)10-11-6-4-5-9-13(11)16(15)20/h1-10H. The number of esters is 1. The summed E-state index contributed by atoms with van der Waals surface area (Å²) in [5, 5.41) is 0. The lowest BCUT2D eigenvalue weighted by molar-refractivity contribution is -0.129. The third-order valence-corrected chi connectivity index (χ3v) is 3.25. The molecule has 0 N–H and O–H groups in total. The third kappa shape index (κ3) is 2.37. The number of Topliss-reactive ketones (excluding diaryl/α,β-unsaturated/α-hetero) is 1. The van der Waals surface area contributed by atoms with Crippen LogP contribution in [0.4, 0.5) is 0 Å². The van der Waals surface area contributed by atoms with Gasteiger partial charge in [-0.15, -0.1) is 0 Å². The van der Waals surface area contributed by atoms with E-state index in [1.165, 1.54) is 6.08 Å². The van der Waals surface area contributed by atoms with Gasteiger partial charge >= 0.3 is 11.7 Å². The Bertz CT molecular complexity index is 847. The van der Waals surface area contributed by atoms with E-state index in [-0.39, 0.29) is 11.3 Å². The molecule has 0 unspecified atom stereocenters. The number of fused-ring (bicyclic) bond motifs is 1. The van der Waals surface area contributed by atoms with Crippen LogP contribution in [0.2, 0.25) is 0 Å². The Morgan fingerprint density at radius 1 is 1.00 bits per heavy atom. The lowest BCUT2D eigenvalue weighted by Gasteiger charge is -2.11. The Balaban J connectivity index is 2.02. The first-order valence-electron chi connectivity index (χ1n) is 6.56. The number of rotatable bonds is 2. The first-order chi connectivity index (χ1) is 10.7. The van der Waals surface area contributed by atoms with Gasteiger partial charge in [0.2, 0.25) is 0 Å². The molecular formula is C17H10N2O3. The molecule has 3 rings (SSSR count). The molecule has 22 heavy (non-hydrogen) atoms. The zero-order valence-electron chi connectivity index (χ0n) is 11.4. The summed E-state index contributed by atoms with van der Waals surface area (Å²) in [6.07, 6.45) is 1.48. The van der Waals surface area contributed by atoms with Crippen LogP contribution in [0, 0.1) is 0 Å². The van der Waals surface area contributed by atoms with E-state index in [0.29, 0.717) is 16.9 Å². The van der Waals surface area contributed by atoms with E-state index in [2.05, 4.69) is 4.79 Å². The van der Waals surface area contributed by atoms with Gasteiger partial charge in [0.25, 0.3) is 5.78 Å². The fourth-order valence-corrected chi connectivity index (χ4v) is 2.21. The summed E-state index contributed by atoms with van der Waals surface area (Å²) in [5.41, 5.74) is 9.66. The van der Waals surface area contributed by atoms with E-state index < -0.39 is 11.8 Å². The van der Waals surface area contributed by atoms with Crippen LogP contribution in [-0.4, -0.2) is 22.3 Å². The molecule has 2 aromatic carbocycles. The van der Waals surface area contributed by atoms with Crippen molar-refractivity contribution in [1.82, 2.24) is 0 Å². The molecule has 0 radical (unpaired) electrons. The summed E-state index contributed by atoms with van der Waals surface area (Å²) in [4.78, 5) is 27.5. The second-order valence-corrected chi connectivity index (χ2v) is 4.63. The van der Waals surface area contributed by atoms with Gasteiger partial charge in [-0.2, -0.15) is 4.79 Å². The molecule has 0 saturated heterocycles. The van der Waals surface area contributed by atoms with Crippen molar-refractivity contribution in [1.29, 1.82) is 0 Å². The minimum absolute atomic E-state index is 0.0740. The van der Waals surface area contributed by atoms with Gasteiger partial charge in [-0.05, 0) is 23.8 Å². The first kappa shape index (κ1) is 13.7. The average Bonchev–Trinajstić information content (AvgIpc) is 2.55. The van der Waals surface area contributed by atoms with Crippen molar-refractivity contribution in [3.8, 4) is 5.75 Å². The van der Waals surface area contributed by atoms with Gasteiger partial charge in [0.05, 0.1) is 0 Å². The summed E-state index contributed by atoms with van der Waals surface area (Å²) in [6, 6.07) is 15.2. The zero-order chi connectivity index (χ0) is 15.5. The van der Waals surface area contributed by atoms with Crippen molar-refractivity contribution in [2.45, 2.75) is 0 Å². The number of carbonyl (C=O) groups excluding carboxylic acids is 2. The molecule has 0 aromatic heterocycles. The van der Waals surface area contributed by atoms with Gasteiger partial charge in [-0.25, -0.2) is 4.79 Å². The van der Waals surface area contributed by atoms with Crippen molar-refractivity contribution in [3.63, 3.8) is 0 Å². The summed E-state index contributed by atoms with van der Waals surface area (Å²) in [6.45, 7) is 0. The highest BCUT2D eigenvalue weighted by molar-refractivity contribution is 6.56. The van der Waals surface area contributed by atoms with E-state index in [1.54, 1.807) is 54.6 Å². The second kappa shape index (κ2) is 5.60. The van der Waals surface area contributed by atoms with Crippen molar-refractivity contribution in [3.05, 3.63) is 76.8 Å². The second-order valence-electron chi connectivity index (χ2n) is 4.63. The number of hydrogen-bond acceptors (Lipinski definition) is 3. The van der Waals surface area contributed by atoms with Gasteiger partial charge in [0, 0.05) is 5.56 Å². The molecule has 0 fully saturated rings. The summed E-state index contributed by atoms with van der Waals surface area (Å²) < 4.78 is 5.20. The minimum atomic E-state index is -0.748. The van der Waals surface area contributed by atoms with E-state index in [1.807, 2.05) is 0 Å². The Kier molecular flexibility index (Phi) is 3.48. The molecule has 0 atom stereocenters. The van der Waals surface area contributed by atoms with Crippen LogP contribution in [0.5, 0.6) is 5.75 Å². The van der Waals surface area contributed by atoms with E-state index in [0.717, 1.165) is 0 Å². The van der Waals surface area contributed by atoms with Gasteiger partial charge in [0.1, 0.15) is 5.75 Å². The topological polar surface area (TPSA) is 79.8 Å². The van der Waals surface area contributed by atoms with E-state index >= 15 is 0 Å². The molecule has 5 heteroatoms. The van der Waals surface area contributed by atoms with Crippen molar-refractivity contribution in [2.75, 3.05) is 0 Å². The molecule has 1 aliphatic rings. The SMILES string of the molecule is [N-]=[N+]=C1C(=O)c2ccccc2C=C1C(=O)Oc1ccccc1. The van der Waals surface area contributed by atoms with Crippen LogP contribution in [-0.2, 0) is 4.79 Å². The maximum absolute atomic E-state index is 12.3. The number of nitrogens with zero attached hydrogens (tertiary/aromatic N) is 2. The predicted octanol–water partition coefficient (Wildman–Crippen LogP) is 2.54. The highest BCUT2D eigenvalue weighted by Crippen LogP contribution is 2.23. The fraction of sp³-hybridized carbons (Fsp3) is 0. The van der Waals surface area contributed by atoms with Crippen LogP contribution in [0.25, 0.3) is 11.6 Å². The molecular weight excluding hydrogens is 280 g/mol. The Hall–Kier alpha value is -3.30. The number of hydrogen-bond donors (Lipinski definition) is 0. The number of carbonyl (C=O) groups is 2. The Morgan fingerprint density at radius 2 is 1.68 bits per heavy atom. The Labute approximate surface area is 126 Å². The maximum Gasteiger partial charge on any atom is 0.377 e. The molecule has 106 valence electrons. The quantitative estimate of drug-likeness (QED) is 0.369. The summed E-state index contributed by atoms with van der Waals surface area (Å²) >= 11 is 0. The molecule has 0 aliphatic heterocycles. The third-order valence-electron chi connectivity index (χ3n) is 3.25. The van der Waals surface area contributed by atoms with Gasteiger partial charge in [0.15, 0.2) is 5.57 Å². The van der Waals surface area contributed by atoms with Crippen LogP contribution in [0.15, 0.2) is 60.2 Å². The number of benzene rings is 2. The molecule has 0 spiro atoms. The minimum Gasteiger partial charge on any atom is -0.423 e. The van der Waals surface area contributed by atoms with E-state index in [4.69, 9.17) is 10.3 Å². The number of ketones is 1. The predicted molar refractivity (Wildman–Crippen MR) is 79.5 cm³/mol. The molecule has 0 heterocycles. The number of ether oxygens (including phenoxy) is 1. The zero-order valence-corrected chi connectivity index (χ0v) is 11.4. The lowest BCUT2D eigenvalue weighted by atomic mass is 9.89. The van der Waals surface area contributed by atoms with Crippen LogP contribution < -0.4 is 4.74 Å². The van der Waals surface area contributed by atoms with Gasteiger partial charge in [-0.1, -0.05) is 42.5 Å². The first-order valence-corrected chi connectivity index (χ1v) is 6.56. The molecule has 0 saturated carbocycles. The molecule has 5 nitrogen and oxygen atoms in total. The summed E-state index contributed by atoms with van der Waals surface area (Å²) in [5.74, 6) is -0.917. The molecule has 2 aromatic rings. The van der Waals surface area contributed by atoms with Crippen LogP contribution in [0.3, 0.4) is 0 Å². The fourth-order valence-electron chi connectivity index (χ4n) is 2.21. The molecule has 1 aliphatic carbocycles. The highest BCUT2D eigenvalue weighted by atomic mass is 16.5. The largest absolute Gasteiger partial charge is 0.423 e. The van der Waals surface area contributed by atoms with Crippen LogP contribution in [0.1, 0.15) is 15.9 Å². The smallest absolute Gasteiger partial charge is 0.377 e. The van der Waals surface area contributed by atoms with Crippen LogP contribution >= 0.6 is 0 Å². The van der Waals surface area contributed by atoms with Crippen molar-refractivity contribution < 1.29 is 19.1 Å². The molecule has 0 amide bonds. The lowest BCUT2D eigenvalue weighted by Crippen LogP contribution is -2.29. The van der Waals surface area contributed by atoms with Gasteiger partial charge < -0.3 is 10.3 Å². The van der Waals surface area contributed by atoms with Gasteiger partial charge in [-0.3, -0.25) is 4.79 Å². The van der Waals surface area contributed by atoms with Crippen molar-refractivity contribution in [2.24, 2.45) is 0 Å². The average molecular weight is 290 g/mol. The maximum atomic E-state index is 12.3. The monoisotopic (exact) mass is 290 g/mol. The Morgan fingerprint density at radius 3 is 2.41 bits per heavy atom. The highest BCUT2D eigenvalue weighted by Gasteiger charge is 2.37. The van der Waals surface area contributed by atoms with E-state index in [9.17, 15) is 9.59 Å². The van der Waals surface area contributed by atoms with Crippen molar-refractivity contribution >= 4 is 23.5 Å². The molecule has 0 bridgehead atoms. The number of para-hydroxylation sites is 1. The summed E-state index contributed by atoms with van der Waals surface area (Å²) in [7, 11) is 0. The normalized spacial score (nSPS) is 13.0.